The second-order valence-corrected chi connectivity index (χ2v) is 6.14. The highest BCUT2D eigenvalue weighted by Gasteiger charge is 2.61. The first-order chi connectivity index (χ1) is 11.8. The van der Waals surface area contributed by atoms with Crippen molar-refractivity contribution in [2.45, 2.75) is 37.8 Å². The Hall–Kier alpha value is -2.81. The number of nitrogens with zero attached hydrogens (tertiary/aromatic N) is 2. The van der Waals surface area contributed by atoms with E-state index < -0.39 is 52.9 Å². The number of carbonyl (C=O) groups is 3. The number of aliphatic hydroxyl groups is 1. The predicted molar refractivity (Wildman–Crippen MR) is 81.5 cm³/mol. The lowest BCUT2D eigenvalue weighted by molar-refractivity contribution is -0.576. The quantitative estimate of drug-likeness (QED) is 0.199. The molecule has 9 nitrogen and oxygen atoms in total. The first kappa shape index (κ1) is 17.0. The minimum absolute atomic E-state index is 0.0739. The molecule has 1 aromatic carbocycles. The zero-order valence-corrected chi connectivity index (χ0v) is 13.3. The van der Waals surface area contributed by atoms with Crippen LogP contribution in [0.4, 0.5) is 0 Å². The fourth-order valence-corrected chi connectivity index (χ4v) is 3.41. The highest BCUT2D eigenvalue weighted by atomic mass is 16.7. The van der Waals surface area contributed by atoms with Crippen LogP contribution in [-0.4, -0.2) is 50.8 Å². The number of ether oxygens (including phenoxy) is 1. The van der Waals surface area contributed by atoms with Gasteiger partial charge in [-0.25, -0.2) is 4.79 Å². The third kappa shape index (κ3) is 2.76. The summed E-state index contributed by atoms with van der Waals surface area (Å²) in [5.41, 5.74) is 0.152. The van der Waals surface area contributed by atoms with Crippen LogP contribution >= 0.6 is 0 Å². The molecule has 2 heterocycles. The number of benzene rings is 1. The number of carbonyl (C=O) groups excluding carboxylic acids is 3. The summed E-state index contributed by atoms with van der Waals surface area (Å²) < 4.78 is 4.93. The van der Waals surface area contributed by atoms with Gasteiger partial charge in [-0.2, -0.15) is 0 Å². The van der Waals surface area contributed by atoms with Crippen LogP contribution in [0.25, 0.3) is 0 Å². The van der Waals surface area contributed by atoms with Crippen LogP contribution in [0.2, 0.25) is 0 Å². The summed E-state index contributed by atoms with van der Waals surface area (Å²) in [6.45, 7) is 1.44. The van der Waals surface area contributed by atoms with Crippen LogP contribution in [0.3, 0.4) is 0 Å². The summed E-state index contributed by atoms with van der Waals surface area (Å²) in [5.74, 6) is -2.93. The lowest BCUT2D eigenvalue weighted by Crippen LogP contribution is -2.65. The Morgan fingerprint density at radius 1 is 1.36 bits per heavy atom. The van der Waals surface area contributed by atoms with Crippen molar-refractivity contribution in [1.82, 2.24) is 4.90 Å². The molecule has 1 amide bonds. The van der Waals surface area contributed by atoms with E-state index in [2.05, 4.69) is 0 Å². The van der Waals surface area contributed by atoms with Crippen LogP contribution in [0, 0.1) is 16.0 Å². The van der Waals surface area contributed by atoms with E-state index in [1.165, 1.54) is 19.1 Å². The first-order valence-electron chi connectivity index (χ1n) is 7.74. The van der Waals surface area contributed by atoms with Gasteiger partial charge in [-0.3, -0.25) is 19.7 Å². The molecule has 0 spiro atoms. The maximum atomic E-state index is 12.4. The average molecular weight is 348 g/mol. The van der Waals surface area contributed by atoms with Gasteiger partial charge in [0.2, 0.25) is 5.91 Å². The fraction of sp³-hybridized carbons (Fsp3) is 0.438. The van der Waals surface area contributed by atoms with Crippen molar-refractivity contribution in [3.05, 3.63) is 46.0 Å². The summed E-state index contributed by atoms with van der Waals surface area (Å²) in [5, 5.41) is 20.8. The lowest BCUT2D eigenvalue weighted by atomic mass is 9.84. The average Bonchev–Trinajstić information content (AvgIpc) is 2.85. The largest absolute Gasteiger partial charge is 0.393 e. The van der Waals surface area contributed by atoms with Gasteiger partial charge in [-0.15, -0.1) is 0 Å². The van der Waals surface area contributed by atoms with Crippen LogP contribution in [0.5, 0.6) is 0 Å². The number of rotatable bonds is 5. The van der Waals surface area contributed by atoms with Crippen molar-refractivity contribution in [1.29, 1.82) is 0 Å². The topological polar surface area (TPSA) is 127 Å². The highest BCUT2D eigenvalue weighted by molar-refractivity contribution is 6.11. The Bertz CT molecular complexity index is 733. The van der Waals surface area contributed by atoms with E-state index in [9.17, 15) is 29.6 Å². The Labute approximate surface area is 142 Å². The maximum Gasteiger partial charge on any atom is 0.382 e. The van der Waals surface area contributed by atoms with Crippen LogP contribution in [-0.2, 0) is 19.1 Å². The highest BCUT2D eigenvalue weighted by Crippen LogP contribution is 2.40. The van der Waals surface area contributed by atoms with Gasteiger partial charge < -0.3 is 14.7 Å². The van der Waals surface area contributed by atoms with E-state index in [0.29, 0.717) is 0 Å². The van der Waals surface area contributed by atoms with Crippen molar-refractivity contribution in [3.8, 4) is 0 Å². The number of hydrogen-bond acceptors (Lipinski definition) is 7. The molecule has 3 rings (SSSR count). The molecule has 5 atom stereocenters. The predicted octanol–water partition coefficient (Wildman–Crippen LogP) is 0.0543. The molecule has 1 N–H and O–H groups in total. The van der Waals surface area contributed by atoms with Gasteiger partial charge in [0.15, 0.2) is 11.8 Å². The SMILES string of the molecule is C[C@@H](O)[C@H]1C(=O)N2[C@@H](C(=O)OC(c3ccccc3)[N+](=O)[O-])C(=O)C[C@H]12. The molecular weight excluding hydrogens is 332 g/mol. The molecule has 0 aliphatic carbocycles. The molecule has 0 saturated carbocycles. The van der Waals surface area contributed by atoms with Gasteiger partial charge >= 0.3 is 12.2 Å². The smallest absolute Gasteiger partial charge is 0.382 e. The standard InChI is InChI=1S/C16H16N2O7/c1-8(19)12-10-7-11(20)13(17(10)14(12)21)16(22)25-15(18(23)24)9-5-3-2-4-6-9/h2-6,8,10,12-13,15,19H,7H2,1H3/t8-,10-,12-,13-,15?/m1/s1. The fourth-order valence-electron chi connectivity index (χ4n) is 3.41. The van der Waals surface area contributed by atoms with Crippen molar-refractivity contribution in [3.63, 3.8) is 0 Å². The number of hydrogen-bond donors (Lipinski definition) is 1. The Morgan fingerprint density at radius 2 is 2.00 bits per heavy atom. The third-order valence-corrected chi connectivity index (χ3v) is 4.55. The van der Waals surface area contributed by atoms with Gasteiger partial charge in [-0.1, -0.05) is 18.2 Å². The number of esters is 1. The number of fused-ring (bicyclic) bond motifs is 1. The molecule has 0 bridgehead atoms. The van der Waals surface area contributed by atoms with E-state index in [4.69, 9.17) is 4.74 Å². The van der Waals surface area contributed by atoms with Crippen LogP contribution in [0.1, 0.15) is 25.1 Å². The number of β-lactam (4-membered cyclic amide) rings is 1. The van der Waals surface area contributed by atoms with E-state index in [-0.39, 0.29) is 12.0 Å². The monoisotopic (exact) mass is 348 g/mol. The number of aliphatic hydroxyl groups excluding tert-OH is 1. The van der Waals surface area contributed by atoms with Gasteiger partial charge in [0, 0.05) is 6.42 Å². The number of Topliss-reactive ketones (excluding diaryl/α,β-unsaturated/α-hetero) is 1. The molecule has 0 radical (unpaired) electrons. The number of ketones is 1. The minimum atomic E-state index is -1.76. The van der Waals surface area contributed by atoms with Crippen LogP contribution < -0.4 is 0 Å². The zero-order chi connectivity index (χ0) is 18.3. The Morgan fingerprint density at radius 3 is 2.56 bits per heavy atom. The van der Waals surface area contributed by atoms with Crippen molar-refractivity contribution in [2.24, 2.45) is 5.92 Å². The molecule has 2 fully saturated rings. The van der Waals surface area contributed by atoms with Gasteiger partial charge in [0.25, 0.3) is 0 Å². The normalized spacial score (nSPS) is 27.3. The summed E-state index contributed by atoms with van der Waals surface area (Å²) in [6.07, 6.45) is -2.77. The van der Waals surface area contributed by atoms with Crippen LogP contribution in [0.15, 0.2) is 30.3 Å². The molecular formula is C16H16N2O7. The van der Waals surface area contributed by atoms with Gasteiger partial charge in [0.05, 0.1) is 28.6 Å². The van der Waals surface area contributed by atoms with Crippen molar-refractivity contribution >= 4 is 17.7 Å². The summed E-state index contributed by atoms with van der Waals surface area (Å²) in [6, 6.07) is 5.58. The molecule has 1 aromatic rings. The molecule has 0 aromatic heterocycles. The van der Waals surface area contributed by atoms with Crippen molar-refractivity contribution in [2.75, 3.05) is 0 Å². The minimum Gasteiger partial charge on any atom is -0.393 e. The van der Waals surface area contributed by atoms with E-state index in [1.54, 1.807) is 18.2 Å². The number of nitro groups is 1. The Kier molecular flexibility index (Phi) is 4.25. The molecule has 2 aliphatic rings. The molecule has 2 saturated heterocycles. The molecule has 132 valence electrons. The van der Waals surface area contributed by atoms with Gasteiger partial charge in [0.1, 0.15) is 0 Å². The third-order valence-electron chi connectivity index (χ3n) is 4.55. The van der Waals surface area contributed by atoms with Crippen molar-refractivity contribution < 1.29 is 29.2 Å². The van der Waals surface area contributed by atoms with E-state index in [1.807, 2.05) is 0 Å². The van der Waals surface area contributed by atoms with E-state index >= 15 is 0 Å². The lowest BCUT2D eigenvalue weighted by Gasteiger charge is -2.45. The zero-order valence-electron chi connectivity index (χ0n) is 13.3. The Balaban J connectivity index is 1.78. The van der Waals surface area contributed by atoms with E-state index in [0.717, 1.165) is 4.90 Å². The number of amides is 1. The second kappa shape index (κ2) is 6.25. The summed E-state index contributed by atoms with van der Waals surface area (Å²) in [4.78, 5) is 48.1. The summed E-state index contributed by atoms with van der Waals surface area (Å²) >= 11 is 0. The maximum absolute atomic E-state index is 12.4. The summed E-state index contributed by atoms with van der Waals surface area (Å²) in [7, 11) is 0. The first-order valence-corrected chi connectivity index (χ1v) is 7.74. The molecule has 25 heavy (non-hydrogen) atoms. The van der Waals surface area contributed by atoms with Gasteiger partial charge in [-0.05, 0) is 19.1 Å². The molecule has 2 aliphatic heterocycles. The molecule has 9 heteroatoms. The molecule has 1 unspecified atom stereocenters. The second-order valence-electron chi connectivity index (χ2n) is 6.14.